The minimum Gasteiger partial charge on any atom is -0.135 e. The SMILES string of the molecule is c1ccc(-c2ccc3c(c2)sc2cc(-c4cccc(-c5ccc6ccc7cccc8ccc5c6c78)c4)ccc23)cc1. The third-order valence-corrected chi connectivity index (χ3v) is 9.73. The van der Waals surface area contributed by atoms with Crippen molar-refractivity contribution >= 4 is 63.8 Å². The Morgan fingerprint density at radius 3 is 1.61 bits per heavy atom. The van der Waals surface area contributed by atoms with Crippen molar-refractivity contribution in [2.24, 2.45) is 0 Å². The van der Waals surface area contributed by atoms with Crippen LogP contribution < -0.4 is 0 Å². The van der Waals surface area contributed by atoms with E-state index in [1.165, 1.54) is 85.9 Å². The van der Waals surface area contributed by atoms with Crippen molar-refractivity contribution in [2.75, 3.05) is 0 Å². The molecule has 1 heterocycles. The van der Waals surface area contributed by atoms with E-state index >= 15 is 0 Å². The fourth-order valence-electron chi connectivity index (χ4n) is 6.62. The molecule has 1 heteroatoms. The largest absolute Gasteiger partial charge is 0.135 e. The summed E-state index contributed by atoms with van der Waals surface area (Å²) in [6, 6.07) is 53.8. The monoisotopic (exact) mass is 536 g/mol. The van der Waals surface area contributed by atoms with Gasteiger partial charge < -0.3 is 0 Å². The average molecular weight is 537 g/mol. The predicted molar refractivity (Wildman–Crippen MR) is 179 cm³/mol. The Bertz CT molecular complexity index is 2390. The van der Waals surface area contributed by atoms with Crippen molar-refractivity contribution in [1.29, 1.82) is 0 Å². The van der Waals surface area contributed by atoms with Crippen LogP contribution in [-0.2, 0) is 0 Å². The van der Waals surface area contributed by atoms with Crippen LogP contribution in [0.4, 0.5) is 0 Å². The van der Waals surface area contributed by atoms with Crippen molar-refractivity contribution in [2.45, 2.75) is 0 Å². The number of benzene rings is 8. The van der Waals surface area contributed by atoms with Crippen molar-refractivity contribution in [3.05, 3.63) is 146 Å². The molecule has 0 fully saturated rings. The van der Waals surface area contributed by atoms with Gasteiger partial charge in [-0.2, -0.15) is 0 Å². The molecule has 41 heavy (non-hydrogen) atoms. The molecule has 0 saturated carbocycles. The second-order valence-corrected chi connectivity index (χ2v) is 12.0. The van der Waals surface area contributed by atoms with E-state index in [9.17, 15) is 0 Å². The highest BCUT2D eigenvalue weighted by atomic mass is 32.1. The summed E-state index contributed by atoms with van der Waals surface area (Å²) in [5.41, 5.74) is 7.57. The molecule has 9 aromatic rings. The van der Waals surface area contributed by atoms with E-state index in [4.69, 9.17) is 0 Å². The zero-order chi connectivity index (χ0) is 26.9. The van der Waals surface area contributed by atoms with E-state index in [1.54, 1.807) is 0 Å². The number of rotatable bonds is 3. The summed E-state index contributed by atoms with van der Waals surface area (Å²) < 4.78 is 2.66. The highest BCUT2D eigenvalue weighted by Gasteiger charge is 2.13. The summed E-state index contributed by atoms with van der Waals surface area (Å²) in [6.07, 6.45) is 0. The Balaban J connectivity index is 1.17. The summed E-state index contributed by atoms with van der Waals surface area (Å²) >= 11 is 1.89. The fourth-order valence-corrected chi connectivity index (χ4v) is 7.80. The van der Waals surface area contributed by atoms with Crippen LogP contribution in [0.2, 0.25) is 0 Å². The first kappa shape index (κ1) is 22.8. The molecule has 9 rings (SSSR count). The lowest BCUT2D eigenvalue weighted by Gasteiger charge is -2.14. The molecule has 0 amide bonds. The molecule has 0 N–H and O–H groups in total. The van der Waals surface area contributed by atoms with E-state index in [0.29, 0.717) is 0 Å². The number of hydrogen-bond donors (Lipinski definition) is 0. The summed E-state index contributed by atoms with van der Waals surface area (Å²) in [5, 5.41) is 10.6. The van der Waals surface area contributed by atoms with E-state index in [2.05, 4.69) is 146 Å². The van der Waals surface area contributed by atoms with Crippen LogP contribution in [0.15, 0.2) is 146 Å². The maximum absolute atomic E-state index is 2.37. The average Bonchev–Trinajstić information content (AvgIpc) is 3.41. The van der Waals surface area contributed by atoms with Gasteiger partial charge in [0.25, 0.3) is 0 Å². The second kappa shape index (κ2) is 8.76. The van der Waals surface area contributed by atoms with E-state index in [-0.39, 0.29) is 0 Å². The zero-order valence-electron chi connectivity index (χ0n) is 22.3. The van der Waals surface area contributed by atoms with Gasteiger partial charge in [0.1, 0.15) is 0 Å². The first-order valence-corrected chi connectivity index (χ1v) is 14.9. The van der Waals surface area contributed by atoms with Gasteiger partial charge in [0.15, 0.2) is 0 Å². The Hall–Kier alpha value is -4.98. The Labute approximate surface area is 242 Å². The van der Waals surface area contributed by atoms with Crippen molar-refractivity contribution in [3.8, 4) is 33.4 Å². The standard InChI is InChI=1S/C40H24S/c1-2-6-25(7-3-1)30-16-19-34-35-20-17-31(24-38(35)41-37(34)23-30)29-10-5-11-32(22-29)33-18-14-28-13-12-26-8-4-9-27-15-21-36(33)40(28)39(26)27/h1-24H. The van der Waals surface area contributed by atoms with E-state index in [0.717, 1.165) is 0 Å². The van der Waals surface area contributed by atoms with Gasteiger partial charge in [-0.1, -0.05) is 127 Å². The lowest BCUT2D eigenvalue weighted by Crippen LogP contribution is -1.87. The minimum absolute atomic E-state index is 1.25. The molecule has 0 spiro atoms. The molecular formula is C40H24S. The van der Waals surface area contributed by atoms with Crippen LogP contribution in [-0.4, -0.2) is 0 Å². The van der Waals surface area contributed by atoms with Crippen LogP contribution in [0, 0.1) is 0 Å². The molecule has 190 valence electrons. The Kier molecular flexibility index (Phi) is 4.87. The summed E-state index contributed by atoms with van der Waals surface area (Å²) in [5.74, 6) is 0. The highest BCUT2D eigenvalue weighted by molar-refractivity contribution is 7.25. The molecule has 0 unspecified atom stereocenters. The van der Waals surface area contributed by atoms with Crippen LogP contribution in [0.5, 0.6) is 0 Å². The zero-order valence-corrected chi connectivity index (χ0v) is 23.1. The normalized spacial score (nSPS) is 11.9. The predicted octanol–water partition coefficient (Wildman–Crippen LogP) is 12.0. The second-order valence-electron chi connectivity index (χ2n) is 10.9. The van der Waals surface area contributed by atoms with Gasteiger partial charge in [0.05, 0.1) is 0 Å². The van der Waals surface area contributed by atoms with Crippen LogP contribution in [0.1, 0.15) is 0 Å². The van der Waals surface area contributed by atoms with E-state index < -0.39 is 0 Å². The third kappa shape index (κ3) is 3.53. The molecule has 0 aliphatic heterocycles. The molecule has 0 aliphatic rings. The maximum atomic E-state index is 2.37. The van der Waals surface area contributed by atoms with Crippen molar-refractivity contribution in [3.63, 3.8) is 0 Å². The van der Waals surface area contributed by atoms with Crippen molar-refractivity contribution < 1.29 is 0 Å². The van der Waals surface area contributed by atoms with Gasteiger partial charge >= 0.3 is 0 Å². The molecule has 0 bridgehead atoms. The Morgan fingerprint density at radius 1 is 0.317 bits per heavy atom. The maximum Gasteiger partial charge on any atom is 0.0361 e. The summed E-state index contributed by atoms with van der Waals surface area (Å²) in [6.45, 7) is 0. The number of fused-ring (bicyclic) bond motifs is 3. The first-order valence-electron chi connectivity index (χ1n) is 14.1. The summed E-state index contributed by atoms with van der Waals surface area (Å²) in [7, 11) is 0. The molecule has 0 radical (unpaired) electrons. The van der Waals surface area contributed by atoms with Gasteiger partial charge in [-0.25, -0.2) is 0 Å². The van der Waals surface area contributed by atoms with Crippen LogP contribution in [0.3, 0.4) is 0 Å². The smallest absolute Gasteiger partial charge is 0.0361 e. The fraction of sp³-hybridized carbons (Fsp3) is 0. The number of thiophene rings is 1. The van der Waals surface area contributed by atoms with Crippen LogP contribution in [0.25, 0.3) is 85.9 Å². The third-order valence-electron chi connectivity index (χ3n) is 8.62. The lowest BCUT2D eigenvalue weighted by atomic mass is 9.89. The summed E-state index contributed by atoms with van der Waals surface area (Å²) in [4.78, 5) is 0. The van der Waals surface area contributed by atoms with Gasteiger partial charge in [-0.15, -0.1) is 11.3 Å². The lowest BCUT2D eigenvalue weighted by molar-refractivity contribution is 1.63. The van der Waals surface area contributed by atoms with Crippen molar-refractivity contribution in [1.82, 2.24) is 0 Å². The highest BCUT2D eigenvalue weighted by Crippen LogP contribution is 2.41. The minimum atomic E-state index is 1.25. The molecule has 1 aromatic heterocycles. The first-order chi connectivity index (χ1) is 20.3. The quantitative estimate of drug-likeness (QED) is 0.197. The van der Waals surface area contributed by atoms with Gasteiger partial charge in [-0.05, 0) is 83.9 Å². The van der Waals surface area contributed by atoms with Gasteiger partial charge in [0.2, 0.25) is 0 Å². The van der Waals surface area contributed by atoms with Crippen LogP contribution >= 0.6 is 11.3 Å². The molecular weight excluding hydrogens is 513 g/mol. The Morgan fingerprint density at radius 2 is 0.854 bits per heavy atom. The topological polar surface area (TPSA) is 0 Å². The molecule has 0 nitrogen and oxygen atoms in total. The molecule has 0 aliphatic carbocycles. The molecule has 0 atom stereocenters. The molecule has 0 saturated heterocycles. The van der Waals surface area contributed by atoms with Gasteiger partial charge in [-0.3, -0.25) is 0 Å². The number of hydrogen-bond acceptors (Lipinski definition) is 1. The van der Waals surface area contributed by atoms with Gasteiger partial charge in [0, 0.05) is 20.2 Å². The molecule has 8 aromatic carbocycles. The van der Waals surface area contributed by atoms with E-state index in [1.807, 2.05) is 11.3 Å².